The Kier molecular flexibility index (Phi) is 6.80. The minimum Gasteiger partial charge on any atom is -0.340 e. The molecular formula is C23H25N3O3S2. The quantitative estimate of drug-likeness (QED) is 0.544. The molecule has 1 amide bonds. The van der Waals surface area contributed by atoms with Gasteiger partial charge in [-0.25, -0.2) is 13.4 Å². The van der Waals surface area contributed by atoms with Crippen molar-refractivity contribution in [3.8, 4) is 0 Å². The van der Waals surface area contributed by atoms with Gasteiger partial charge in [0.2, 0.25) is 15.9 Å². The highest BCUT2D eigenvalue weighted by molar-refractivity contribution is 7.92. The fraction of sp³-hybridized carbons (Fsp3) is 0.304. The van der Waals surface area contributed by atoms with Gasteiger partial charge in [-0.3, -0.25) is 4.79 Å². The number of amides is 1. The van der Waals surface area contributed by atoms with E-state index < -0.39 is 10.0 Å². The molecule has 1 fully saturated rings. The van der Waals surface area contributed by atoms with Gasteiger partial charge < -0.3 is 4.90 Å². The minimum absolute atomic E-state index is 0.0815. The van der Waals surface area contributed by atoms with E-state index >= 15 is 0 Å². The van der Waals surface area contributed by atoms with Gasteiger partial charge in [-0.15, -0.1) is 11.3 Å². The van der Waals surface area contributed by atoms with E-state index in [0.29, 0.717) is 32.6 Å². The van der Waals surface area contributed by atoms with Crippen LogP contribution in [0.25, 0.3) is 16.3 Å². The Morgan fingerprint density at radius 1 is 1.00 bits per heavy atom. The first-order valence-electron chi connectivity index (χ1n) is 10.4. The summed E-state index contributed by atoms with van der Waals surface area (Å²) in [6, 6.07) is 17.4. The fourth-order valence-corrected chi connectivity index (χ4v) is 5.77. The molecule has 0 saturated carbocycles. The van der Waals surface area contributed by atoms with Gasteiger partial charge in [0.05, 0.1) is 15.2 Å². The Morgan fingerprint density at radius 2 is 1.71 bits per heavy atom. The molecule has 3 aromatic rings. The van der Waals surface area contributed by atoms with Gasteiger partial charge in [0, 0.05) is 38.0 Å². The van der Waals surface area contributed by atoms with Gasteiger partial charge in [0.1, 0.15) is 0 Å². The highest BCUT2D eigenvalue weighted by atomic mass is 32.2. The zero-order valence-corrected chi connectivity index (χ0v) is 18.8. The number of carbonyl (C=O) groups excluding carboxylic acids is 1. The van der Waals surface area contributed by atoms with Crippen LogP contribution in [0.1, 0.15) is 23.4 Å². The minimum atomic E-state index is -3.49. The molecule has 0 bridgehead atoms. The van der Waals surface area contributed by atoms with Crippen LogP contribution in [0.3, 0.4) is 0 Å². The first-order valence-corrected chi connectivity index (χ1v) is 12.7. The van der Waals surface area contributed by atoms with Crippen LogP contribution in [0.15, 0.2) is 60.0 Å². The summed E-state index contributed by atoms with van der Waals surface area (Å²) >= 11 is 1.67. The fourth-order valence-electron chi connectivity index (χ4n) is 3.58. The molecule has 0 spiro atoms. The molecule has 0 atom stereocenters. The van der Waals surface area contributed by atoms with Crippen molar-refractivity contribution in [1.29, 1.82) is 0 Å². The maximum Gasteiger partial charge on any atom is 0.236 e. The monoisotopic (exact) mass is 455 g/mol. The van der Waals surface area contributed by atoms with Crippen molar-refractivity contribution in [1.82, 2.24) is 14.2 Å². The molecule has 4 rings (SSSR count). The van der Waals surface area contributed by atoms with Crippen molar-refractivity contribution in [3.63, 3.8) is 0 Å². The molecule has 0 radical (unpaired) electrons. The lowest BCUT2D eigenvalue weighted by molar-refractivity contribution is -0.132. The summed E-state index contributed by atoms with van der Waals surface area (Å²) in [6.07, 6.45) is 3.59. The molecule has 162 valence electrons. The normalized spacial score (nSPS) is 15.7. The lowest BCUT2D eigenvalue weighted by atomic mass is 10.2. The van der Waals surface area contributed by atoms with Crippen molar-refractivity contribution >= 4 is 43.6 Å². The summed E-state index contributed by atoms with van der Waals surface area (Å²) in [5.74, 6) is 0.0815. The van der Waals surface area contributed by atoms with Crippen molar-refractivity contribution in [2.75, 3.05) is 26.2 Å². The van der Waals surface area contributed by atoms with E-state index in [1.165, 1.54) is 14.4 Å². The average molecular weight is 456 g/mol. The summed E-state index contributed by atoms with van der Waals surface area (Å²) in [7, 11) is -3.49. The van der Waals surface area contributed by atoms with Crippen LogP contribution in [-0.4, -0.2) is 54.7 Å². The van der Waals surface area contributed by atoms with Crippen molar-refractivity contribution in [2.45, 2.75) is 19.3 Å². The van der Waals surface area contributed by atoms with Crippen LogP contribution in [0.4, 0.5) is 0 Å². The van der Waals surface area contributed by atoms with E-state index in [-0.39, 0.29) is 5.91 Å². The van der Waals surface area contributed by atoms with Crippen LogP contribution in [0.2, 0.25) is 0 Å². The Labute approximate surface area is 186 Å². The topological polar surface area (TPSA) is 70.6 Å². The predicted molar refractivity (Wildman–Crippen MR) is 125 cm³/mol. The van der Waals surface area contributed by atoms with Crippen LogP contribution in [-0.2, 0) is 21.2 Å². The van der Waals surface area contributed by atoms with Gasteiger partial charge in [-0.05, 0) is 36.6 Å². The van der Waals surface area contributed by atoms with E-state index in [2.05, 4.69) is 11.1 Å². The number of sulfonamides is 1. The van der Waals surface area contributed by atoms with Gasteiger partial charge in [-0.2, -0.15) is 4.31 Å². The van der Waals surface area contributed by atoms with Crippen LogP contribution in [0, 0.1) is 0 Å². The standard InChI is InChI=1S/C23H25N3O3S2/c27-23(12-6-11-22-24-20-9-4-5-10-21(20)30-22)25-14-16-26(17-15-25)31(28,29)18-13-19-7-2-1-3-8-19/h1-5,7-10,13,18H,6,11-12,14-17H2/b18-13+. The number of fused-ring (bicyclic) bond motifs is 1. The molecule has 1 aliphatic heterocycles. The molecular weight excluding hydrogens is 430 g/mol. The molecule has 6 nitrogen and oxygen atoms in total. The molecule has 8 heteroatoms. The van der Waals surface area contributed by atoms with Gasteiger partial charge in [-0.1, -0.05) is 42.5 Å². The summed E-state index contributed by atoms with van der Waals surface area (Å²) in [5.41, 5.74) is 1.85. The number of para-hydroxylation sites is 1. The molecule has 2 aromatic carbocycles. The molecule has 1 aliphatic rings. The van der Waals surface area contributed by atoms with Gasteiger partial charge in [0.25, 0.3) is 0 Å². The molecule has 31 heavy (non-hydrogen) atoms. The SMILES string of the molecule is O=C(CCCc1nc2ccccc2s1)N1CCN(S(=O)(=O)/C=C/c2ccccc2)CC1. The molecule has 0 unspecified atom stereocenters. The third kappa shape index (κ3) is 5.58. The van der Waals surface area contributed by atoms with E-state index in [9.17, 15) is 13.2 Å². The first kappa shape index (κ1) is 21.7. The number of aromatic nitrogens is 1. The summed E-state index contributed by atoms with van der Waals surface area (Å²) in [5, 5.41) is 2.30. The summed E-state index contributed by atoms with van der Waals surface area (Å²) in [6.45, 7) is 1.51. The molecule has 1 aromatic heterocycles. The lowest BCUT2D eigenvalue weighted by Crippen LogP contribution is -2.50. The maximum atomic E-state index is 12.6. The van der Waals surface area contributed by atoms with Crippen molar-refractivity contribution in [3.05, 3.63) is 70.6 Å². The molecule has 0 N–H and O–H groups in total. The number of aryl methyl sites for hydroxylation is 1. The number of hydrogen-bond acceptors (Lipinski definition) is 5. The Bertz CT molecular complexity index is 1130. The first-order chi connectivity index (χ1) is 15.0. The van der Waals surface area contributed by atoms with Gasteiger partial charge >= 0.3 is 0 Å². The maximum absolute atomic E-state index is 12.6. The Morgan fingerprint density at radius 3 is 2.45 bits per heavy atom. The summed E-state index contributed by atoms with van der Waals surface area (Å²) < 4.78 is 27.7. The lowest BCUT2D eigenvalue weighted by Gasteiger charge is -2.33. The zero-order chi connectivity index (χ0) is 21.7. The number of hydrogen-bond donors (Lipinski definition) is 0. The summed E-state index contributed by atoms with van der Waals surface area (Å²) in [4.78, 5) is 18.9. The molecule has 2 heterocycles. The highest BCUT2D eigenvalue weighted by Gasteiger charge is 2.27. The third-order valence-corrected chi connectivity index (χ3v) is 7.96. The number of carbonyl (C=O) groups is 1. The van der Waals surface area contributed by atoms with Crippen LogP contribution < -0.4 is 0 Å². The van der Waals surface area contributed by atoms with E-state index in [1.807, 2.05) is 48.5 Å². The van der Waals surface area contributed by atoms with Crippen molar-refractivity contribution < 1.29 is 13.2 Å². The Balaban J connectivity index is 1.24. The molecule has 0 aliphatic carbocycles. The average Bonchev–Trinajstić information content (AvgIpc) is 3.21. The molecule has 1 saturated heterocycles. The second kappa shape index (κ2) is 9.72. The highest BCUT2D eigenvalue weighted by Crippen LogP contribution is 2.23. The largest absolute Gasteiger partial charge is 0.340 e. The van der Waals surface area contributed by atoms with Gasteiger partial charge in [0.15, 0.2) is 0 Å². The second-order valence-corrected chi connectivity index (χ2v) is 10.4. The van der Waals surface area contributed by atoms with E-state index in [4.69, 9.17) is 0 Å². The van der Waals surface area contributed by atoms with Crippen molar-refractivity contribution in [2.24, 2.45) is 0 Å². The van der Waals surface area contributed by atoms with E-state index in [0.717, 1.165) is 28.9 Å². The van der Waals surface area contributed by atoms with Crippen LogP contribution in [0.5, 0.6) is 0 Å². The van der Waals surface area contributed by atoms with Crippen LogP contribution >= 0.6 is 11.3 Å². The zero-order valence-electron chi connectivity index (χ0n) is 17.2. The number of nitrogens with zero attached hydrogens (tertiary/aromatic N) is 3. The third-order valence-electron chi connectivity index (χ3n) is 5.30. The number of piperazine rings is 1. The van der Waals surface area contributed by atoms with E-state index in [1.54, 1.807) is 22.3 Å². The number of rotatable bonds is 7. The predicted octanol–water partition coefficient (Wildman–Crippen LogP) is 3.76. The number of benzene rings is 2. The smallest absolute Gasteiger partial charge is 0.236 e. The Hall–Kier alpha value is -2.55. The second-order valence-electron chi connectivity index (χ2n) is 7.47. The number of thiazole rings is 1.